The Bertz CT molecular complexity index is 764. The van der Waals surface area contributed by atoms with Crippen LogP contribution < -0.4 is 20.1 Å². The Kier molecular flexibility index (Phi) is 7.25. The molecule has 2 atom stereocenters. The number of nitrogens with one attached hydrogen (secondary N) is 2. The molecular formula is C22H29N3O3. The van der Waals surface area contributed by atoms with E-state index in [1.165, 1.54) is 0 Å². The van der Waals surface area contributed by atoms with Gasteiger partial charge in [0.25, 0.3) is 0 Å². The maximum Gasteiger partial charge on any atom is 0.224 e. The summed E-state index contributed by atoms with van der Waals surface area (Å²) in [6, 6.07) is 11.6. The number of rotatable bonds is 8. The van der Waals surface area contributed by atoms with Crippen molar-refractivity contribution < 1.29 is 14.3 Å². The van der Waals surface area contributed by atoms with Crippen molar-refractivity contribution >= 4 is 5.91 Å². The van der Waals surface area contributed by atoms with Crippen LogP contribution in [0.15, 0.2) is 42.6 Å². The number of aromatic nitrogens is 1. The van der Waals surface area contributed by atoms with Crippen LogP contribution in [-0.2, 0) is 11.3 Å². The van der Waals surface area contributed by atoms with E-state index in [-0.39, 0.29) is 11.8 Å². The standard InChI is InChI=1S/C22H29N3O3/c1-3-13-27-19-6-8-20(9-7-19)28-22-18(5-4-11-24-22)15-25-21(26)17-10-12-23-16(2)14-17/h4-9,11,16-17,23H,3,10,12-15H2,1-2H3,(H,25,26)/t16-,17-/m0/s1. The number of nitrogens with zero attached hydrogens (tertiary/aromatic N) is 1. The van der Waals surface area contributed by atoms with Crippen LogP contribution in [0, 0.1) is 5.92 Å². The Balaban J connectivity index is 1.59. The summed E-state index contributed by atoms with van der Waals surface area (Å²) in [5, 5.41) is 6.41. The second kappa shape index (κ2) is 10.1. The maximum absolute atomic E-state index is 12.5. The lowest BCUT2D eigenvalue weighted by Crippen LogP contribution is -2.42. The third-order valence-corrected chi connectivity index (χ3v) is 4.81. The van der Waals surface area contributed by atoms with E-state index < -0.39 is 0 Å². The van der Waals surface area contributed by atoms with Crippen molar-refractivity contribution in [2.45, 2.75) is 45.7 Å². The minimum Gasteiger partial charge on any atom is -0.494 e. The third-order valence-electron chi connectivity index (χ3n) is 4.81. The number of hydrogen-bond acceptors (Lipinski definition) is 5. The zero-order valence-corrected chi connectivity index (χ0v) is 16.6. The molecule has 1 aliphatic heterocycles. The predicted molar refractivity (Wildman–Crippen MR) is 109 cm³/mol. The van der Waals surface area contributed by atoms with Gasteiger partial charge in [-0.15, -0.1) is 0 Å². The monoisotopic (exact) mass is 383 g/mol. The van der Waals surface area contributed by atoms with Crippen molar-refractivity contribution in [3.63, 3.8) is 0 Å². The molecule has 1 amide bonds. The van der Waals surface area contributed by atoms with Crippen molar-refractivity contribution in [3.8, 4) is 17.4 Å². The first kappa shape index (κ1) is 20.1. The van der Waals surface area contributed by atoms with Gasteiger partial charge in [0.2, 0.25) is 11.8 Å². The molecule has 0 radical (unpaired) electrons. The Morgan fingerprint density at radius 2 is 2.04 bits per heavy atom. The number of carbonyl (C=O) groups excluding carboxylic acids is 1. The molecule has 1 saturated heterocycles. The fourth-order valence-electron chi connectivity index (χ4n) is 3.28. The molecule has 1 aliphatic rings. The lowest BCUT2D eigenvalue weighted by molar-refractivity contribution is -0.126. The molecule has 3 rings (SSSR count). The molecule has 2 heterocycles. The highest BCUT2D eigenvalue weighted by atomic mass is 16.5. The number of benzene rings is 1. The fourth-order valence-corrected chi connectivity index (χ4v) is 3.28. The van der Waals surface area contributed by atoms with Crippen molar-refractivity contribution in [3.05, 3.63) is 48.2 Å². The fraction of sp³-hybridized carbons (Fsp3) is 0.455. The van der Waals surface area contributed by atoms with Gasteiger partial charge in [-0.05, 0) is 63.1 Å². The summed E-state index contributed by atoms with van der Waals surface area (Å²) in [6.45, 7) is 6.17. The predicted octanol–water partition coefficient (Wildman–Crippen LogP) is 3.67. The highest BCUT2D eigenvalue weighted by Gasteiger charge is 2.24. The molecule has 2 aromatic rings. The number of hydrogen-bond donors (Lipinski definition) is 2. The summed E-state index contributed by atoms with van der Waals surface area (Å²) in [7, 11) is 0. The van der Waals surface area contributed by atoms with Gasteiger partial charge in [-0.2, -0.15) is 0 Å². The van der Waals surface area contributed by atoms with E-state index in [0.29, 0.717) is 30.8 Å². The van der Waals surface area contributed by atoms with Crippen LogP contribution in [0.25, 0.3) is 0 Å². The van der Waals surface area contributed by atoms with Crippen molar-refractivity contribution in [2.75, 3.05) is 13.2 Å². The summed E-state index contributed by atoms with van der Waals surface area (Å²) in [5.74, 6) is 2.17. The lowest BCUT2D eigenvalue weighted by atomic mass is 9.92. The first-order valence-corrected chi connectivity index (χ1v) is 10.0. The topological polar surface area (TPSA) is 72.5 Å². The summed E-state index contributed by atoms with van der Waals surface area (Å²) in [6.07, 6.45) is 4.40. The summed E-state index contributed by atoms with van der Waals surface area (Å²) in [5.41, 5.74) is 0.851. The van der Waals surface area contributed by atoms with Gasteiger partial charge < -0.3 is 20.1 Å². The Hall–Kier alpha value is -2.60. The van der Waals surface area contributed by atoms with E-state index >= 15 is 0 Å². The zero-order chi connectivity index (χ0) is 19.8. The van der Waals surface area contributed by atoms with Crippen LogP contribution in [0.4, 0.5) is 0 Å². The van der Waals surface area contributed by atoms with Crippen LogP contribution in [-0.4, -0.2) is 30.1 Å². The van der Waals surface area contributed by atoms with Gasteiger partial charge in [0, 0.05) is 30.3 Å². The molecule has 0 unspecified atom stereocenters. The zero-order valence-electron chi connectivity index (χ0n) is 16.6. The largest absolute Gasteiger partial charge is 0.494 e. The molecule has 0 aliphatic carbocycles. The van der Waals surface area contributed by atoms with Gasteiger partial charge in [0.05, 0.1) is 6.61 Å². The van der Waals surface area contributed by atoms with Gasteiger partial charge >= 0.3 is 0 Å². The van der Waals surface area contributed by atoms with Gasteiger partial charge in [0.15, 0.2) is 0 Å². The summed E-state index contributed by atoms with van der Waals surface area (Å²) < 4.78 is 11.5. The highest BCUT2D eigenvalue weighted by molar-refractivity contribution is 5.78. The molecule has 0 bridgehead atoms. The molecule has 6 heteroatoms. The average molecular weight is 383 g/mol. The summed E-state index contributed by atoms with van der Waals surface area (Å²) in [4.78, 5) is 16.8. The molecule has 1 aromatic carbocycles. The van der Waals surface area contributed by atoms with Crippen LogP contribution in [0.2, 0.25) is 0 Å². The Morgan fingerprint density at radius 3 is 2.79 bits per heavy atom. The van der Waals surface area contributed by atoms with Crippen molar-refractivity contribution in [2.24, 2.45) is 5.92 Å². The maximum atomic E-state index is 12.5. The molecule has 28 heavy (non-hydrogen) atoms. The van der Waals surface area contributed by atoms with Crippen molar-refractivity contribution in [1.29, 1.82) is 0 Å². The molecule has 150 valence electrons. The van der Waals surface area contributed by atoms with Crippen LogP contribution >= 0.6 is 0 Å². The van der Waals surface area contributed by atoms with Crippen LogP contribution in [0.3, 0.4) is 0 Å². The van der Waals surface area contributed by atoms with Gasteiger partial charge in [-0.25, -0.2) is 4.98 Å². The van der Waals surface area contributed by atoms with Gasteiger partial charge in [0.1, 0.15) is 11.5 Å². The smallest absolute Gasteiger partial charge is 0.224 e. The Labute approximate surface area is 166 Å². The minimum absolute atomic E-state index is 0.0629. The van der Waals surface area contributed by atoms with Gasteiger partial charge in [-0.3, -0.25) is 4.79 Å². The second-order valence-corrected chi connectivity index (χ2v) is 7.18. The number of amides is 1. The summed E-state index contributed by atoms with van der Waals surface area (Å²) >= 11 is 0. The normalized spacial score (nSPS) is 19.1. The first-order chi connectivity index (χ1) is 13.7. The number of ether oxygens (including phenoxy) is 2. The van der Waals surface area contributed by atoms with Crippen molar-refractivity contribution in [1.82, 2.24) is 15.6 Å². The highest BCUT2D eigenvalue weighted by Crippen LogP contribution is 2.25. The van der Waals surface area contributed by atoms with E-state index in [0.717, 1.165) is 37.1 Å². The van der Waals surface area contributed by atoms with Crippen LogP contribution in [0.1, 0.15) is 38.7 Å². The van der Waals surface area contributed by atoms with E-state index in [4.69, 9.17) is 9.47 Å². The minimum atomic E-state index is 0.0629. The average Bonchev–Trinajstić information content (AvgIpc) is 2.72. The molecule has 1 aromatic heterocycles. The SMILES string of the molecule is CCCOc1ccc(Oc2ncccc2CNC(=O)[C@H]2CCN[C@@H](C)C2)cc1. The molecule has 6 nitrogen and oxygen atoms in total. The molecule has 0 saturated carbocycles. The molecular weight excluding hydrogens is 354 g/mol. The van der Waals surface area contributed by atoms with Gasteiger partial charge in [-0.1, -0.05) is 13.0 Å². The number of piperidine rings is 1. The second-order valence-electron chi connectivity index (χ2n) is 7.18. The van der Waals surface area contributed by atoms with Crippen LogP contribution in [0.5, 0.6) is 17.4 Å². The molecule has 1 fully saturated rings. The van der Waals surface area contributed by atoms with E-state index in [1.807, 2.05) is 36.4 Å². The number of carbonyl (C=O) groups is 1. The number of pyridine rings is 1. The lowest BCUT2D eigenvalue weighted by Gasteiger charge is -2.27. The third kappa shape index (κ3) is 5.70. The van der Waals surface area contributed by atoms with E-state index in [9.17, 15) is 4.79 Å². The first-order valence-electron chi connectivity index (χ1n) is 10.0. The molecule has 2 N–H and O–H groups in total. The van der Waals surface area contributed by atoms with E-state index in [1.54, 1.807) is 6.20 Å². The van der Waals surface area contributed by atoms with E-state index in [2.05, 4.69) is 29.5 Å². The quantitative estimate of drug-likeness (QED) is 0.728. The molecule has 0 spiro atoms. The Morgan fingerprint density at radius 1 is 1.25 bits per heavy atom.